The van der Waals surface area contributed by atoms with Gasteiger partial charge in [-0.05, 0) is 18.4 Å². The van der Waals surface area contributed by atoms with E-state index in [4.69, 9.17) is 0 Å². The molecule has 84 valence electrons. The molecule has 14 heavy (non-hydrogen) atoms. The molecule has 0 saturated carbocycles. The van der Waals surface area contributed by atoms with Crippen molar-refractivity contribution in [2.45, 2.75) is 34.1 Å². The number of hydrogen-bond donors (Lipinski definition) is 1. The fourth-order valence-electron chi connectivity index (χ4n) is 1.02. The summed E-state index contributed by atoms with van der Waals surface area (Å²) in [6.45, 7) is 10.5. The molecule has 0 fully saturated rings. The van der Waals surface area contributed by atoms with Crippen molar-refractivity contribution in [3.8, 4) is 0 Å². The Morgan fingerprint density at radius 2 is 1.86 bits per heavy atom. The summed E-state index contributed by atoms with van der Waals surface area (Å²) in [5, 5.41) is 3.65. The SMILES string of the molecule is CC(C)CNCCSC(=O)CC(C)C. The summed E-state index contributed by atoms with van der Waals surface area (Å²) in [5.74, 6) is 2.07. The molecule has 0 rings (SSSR count). The van der Waals surface area contributed by atoms with Crippen molar-refractivity contribution < 1.29 is 4.79 Å². The van der Waals surface area contributed by atoms with Gasteiger partial charge in [-0.25, -0.2) is 0 Å². The Kier molecular flexibility index (Phi) is 8.29. The Balaban J connectivity index is 3.23. The first kappa shape index (κ1) is 14.0. The van der Waals surface area contributed by atoms with Crippen molar-refractivity contribution in [1.29, 1.82) is 0 Å². The third kappa shape index (κ3) is 10.1. The molecule has 0 aliphatic carbocycles. The van der Waals surface area contributed by atoms with Crippen LogP contribution in [0.3, 0.4) is 0 Å². The second kappa shape index (κ2) is 8.30. The van der Waals surface area contributed by atoms with Gasteiger partial charge in [-0.1, -0.05) is 39.5 Å². The Morgan fingerprint density at radius 1 is 1.21 bits per heavy atom. The summed E-state index contributed by atoms with van der Waals surface area (Å²) < 4.78 is 0. The molecule has 0 aliphatic rings. The van der Waals surface area contributed by atoms with Crippen LogP contribution in [-0.4, -0.2) is 24.0 Å². The maximum atomic E-state index is 11.3. The van der Waals surface area contributed by atoms with E-state index in [1.54, 1.807) is 0 Å². The second-order valence-corrected chi connectivity index (χ2v) is 5.57. The van der Waals surface area contributed by atoms with Gasteiger partial charge in [-0.3, -0.25) is 4.79 Å². The molecule has 0 bridgehead atoms. The molecule has 0 aromatic heterocycles. The van der Waals surface area contributed by atoms with E-state index < -0.39 is 0 Å². The average molecular weight is 217 g/mol. The Hall–Kier alpha value is -0.0200. The van der Waals surface area contributed by atoms with Crippen LogP contribution < -0.4 is 5.32 Å². The van der Waals surface area contributed by atoms with Crippen LogP contribution >= 0.6 is 11.8 Å². The summed E-state index contributed by atoms with van der Waals surface area (Å²) in [4.78, 5) is 11.3. The molecule has 0 radical (unpaired) electrons. The summed E-state index contributed by atoms with van der Waals surface area (Å²) in [7, 11) is 0. The van der Waals surface area contributed by atoms with E-state index in [1.165, 1.54) is 11.8 Å². The molecule has 0 atom stereocenters. The van der Waals surface area contributed by atoms with Crippen LogP contribution in [0.1, 0.15) is 34.1 Å². The highest BCUT2D eigenvalue weighted by atomic mass is 32.2. The standard InChI is InChI=1S/C11H23NOS/c1-9(2)7-11(13)14-6-5-12-8-10(3)4/h9-10,12H,5-8H2,1-4H3. The monoisotopic (exact) mass is 217 g/mol. The molecule has 1 N–H and O–H groups in total. The van der Waals surface area contributed by atoms with Gasteiger partial charge in [0.2, 0.25) is 0 Å². The molecule has 0 amide bonds. The molecule has 2 nitrogen and oxygen atoms in total. The first-order chi connectivity index (χ1) is 6.52. The van der Waals surface area contributed by atoms with Gasteiger partial charge in [0.1, 0.15) is 0 Å². The van der Waals surface area contributed by atoms with E-state index >= 15 is 0 Å². The van der Waals surface area contributed by atoms with Gasteiger partial charge in [0.25, 0.3) is 0 Å². The minimum Gasteiger partial charge on any atom is -0.316 e. The van der Waals surface area contributed by atoms with Crippen LogP contribution in [-0.2, 0) is 4.79 Å². The lowest BCUT2D eigenvalue weighted by atomic mass is 10.2. The maximum Gasteiger partial charge on any atom is 0.189 e. The van der Waals surface area contributed by atoms with Crippen molar-refractivity contribution >= 4 is 16.9 Å². The van der Waals surface area contributed by atoms with Crippen molar-refractivity contribution in [2.75, 3.05) is 18.8 Å². The first-order valence-corrected chi connectivity index (χ1v) is 6.37. The number of thioether (sulfide) groups is 1. The van der Waals surface area contributed by atoms with Crippen LogP contribution in [0.15, 0.2) is 0 Å². The van der Waals surface area contributed by atoms with E-state index in [-0.39, 0.29) is 0 Å². The largest absolute Gasteiger partial charge is 0.316 e. The van der Waals surface area contributed by atoms with E-state index in [1.807, 2.05) is 0 Å². The van der Waals surface area contributed by atoms with Gasteiger partial charge in [-0.15, -0.1) is 0 Å². The first-order valence-electron chi connectivity index (χ1n) is 5.38. The van der Waals surface area contributed by atoms with E-state index in [0.29, 0.717) is 23.4 Å². The van der Waals surface area contributed by atoms with Crippen molar-refractivity contribution in [3.63, 3.8) is 0 Å². The topological polar surface area (TPSA) is 29.1 Å². The number of carbonyl (C=O) groups is 1. The minimum atomic E-state index is 0.325. The lowest BCUT2D eigenvalue weighted by Gasteiger charge is -2.07. The number of rotatable bonds is 7. The highest BCUT2D eigenvalue weighted by Crippen LogP contribution is 2.10. The smallest absolute Gasteiger partial charge is 0.189 e. The zero-order valence-electron chi connectivity index (χ0n) is 9.80. The van der Waals surface area contributed by atoms with Crippen LogP contribution in [0.4, 0.5) is 0 Å². The predicted molar refractivity (Wildman–Crippen MR) is 64.6 cm³/mol. The lowest BCUT2D eigenvalue weighted by molar-refractivity contribution is -0.111. The van der Waals surface area contributed by atoms with Crippen molar-refractivity contribution in [3.05, 3.63) is 0 Å². The highest BCUT2D eigenvalue weighted by molar-refractivity contribution is 8.13. The van der Waals surface area contributed by atoms with E-state index in [2.05, 4.69) is 33.0 Å². The third-order valence-electron chi connectivity index (χ3n) is 1.67. The lowest BCUT2D eigenvalue weighted by Crippen LogP contribution is -2.22. The molecule has 0 saturated heterocycles. The number of carbonyl (C=O) groups excluding carboxylic acids is 1. The average Bonchev–Trinajstić information content (AvgIpc) is 2.01. The quantitative estimate of drug-likeness (QED) is 0.664. The van der Waals surface area contributed by atoms with Crippen LogP contribution in [0.2, 0.25) is 0 Å². The normalized spacial score (nSPS) is 11.3. The van der Waals surface area contributed by atoms with Gasteiger partial charge in [0, 0.05) is 18.7 Å². The van der Waals surface area contributed by atoms with Gasteiger partial charge in [-0.2, -0.15) is 0 Å². The van der Waals surface area contributed by atoms with Crippen molar-refractivity contribution in [1.82, 2.24) is 5.32 Å². The molecule has 0 aromatic carbocycles. The predicted octanol–water partition coefficient (Wildman–Crippen LogP) is 2.54. The number of hydrogen-bond acceptors (Lipinski definition) is 3. The third-order valence-corrected chi connectivity index (χ3v) is 2.57. The zero-order valence-corrected chi connectivity index (χ0v) is 10.6. The summed E-state index contributed by atoms with van der Waals surface area (Å²) in [5.41, 5.74) is 0. The highest BCUT2D eigenvalue weighted by Gasteiger charge is 2.04. The molecule has 0 aromatic rings. The Labute approximate surface area is 92.2 Å². The van der Waals surface area contributed by atoms with Crippen LogP contribution in [0.5, 0.6) is 0 Å². The van der Waals surface area contributed by atoms with Crippen molar-refractivity contribution in [2.24, 2.45) is 11.8 Å². The molecule has 3 heteroatoms. The fraction of sp³-hybridized carbons (Fsp3) is 0.909. The summed E-state index contributed by atoms with van der Waals surface area (Å²) in [6.07, 6.45) is 0.703. The van der Waals surface area contributed by atoms with E-state index in [0.717, 1.165) is 18.8 Å². The van der Waals surface area contributed by atoms with Gasteiger partial charge < -0.3 is 5.32 Å². The van der Waals surface area contributed by atoms with Gasteiger partial charge in [0.15, 0.2) is 5.12 Å². The summed E-state index contributed by atoms with van der Waals surface area (Å²) in [6, 6.07) is 0. The molecule has 0 unspecified atom stereocenters. The fourth-order valence-corrected chi connectivity index (χ4v) is 1.95. The molecular weight excluding hydrogens is 194 g/mol. The van der Waals surface area contributed by atoms with Gasteiger partial charge in [0.05, 0.1) is 0 Å². The van der Waals surface area contributed by atoms with Gasteiger partial charge >= 0.3 is 0 Å². The Morgan fingerprint density at radius 3 is 2.36 bits per heavy atom. The maximum absolute atomic E-state index is 11.3. The summed E-state index contributed by atoms with van der Waals surface area (Å²) >= 11 is 1.46. The second-order valence-electron chi connectivity index (χ2n) is 4.42. The minimum absolute atomic E-state index is 0.325. The number of nitrogens with one attached hydrogen (secondary N) is 1. The molecular formula is C11H23NOS. The molecule has 0 aliphatic heterocycles. The molecule has 0 heterocycles. The van der Waals surface area contributed by atoms with Crippen LogP contribution in [0, 0.1) is 11.8 Å². The zero-order chi connectivity index (χ0) is 11.0. The van der Waals surface area contributed by atoms with E-state index in [9.17, 15) is 4.79 Å². The molecule has 0 spiro atoms. The van der Waals surface area contributed by atoms with Crippen LogP contribution in [0.25, 0.3) is 0 Å². The Bertz CT molecular complexity index is 157.